The SMILES string of the molecule is C[C@H](O)C(=O)N1CCN(Cc2cc3c(N4CCOCC4)nc(-c4ccc(N)nc4)nc3s2)CC1. The number of rotatable bonds is 5. The van der Waals surface area contributed by atoms with Crippen LogP contribution in [0.1, 0.15) is 11.8 Å². The first kappa shape index (κ1) is 22.9. The highest BCUT2D eigenvalue weighted by atomic mass is 32.1. The highest BCUT2D eigenvalue weighted by Crippen LogP contribution is 2.34. The van der Waals surface area contributed by atoms with Gasteiger partial charge in [-0.1, -0.05) is 0 Å². The van der Waals surface area contributed by atoms with Crippen molar-refractivity contribution in [2.45, 2.75) is 19.6 Å². The molecular formula is C23H29N7O3S. The van der Waals surface area contributed by atoms with Gasteiger partial charge in [0.2, 0.25) is 0 Å². The van der Waals surface area contributed by atoms with E-state index in [0.717, 1.165) is 54.3 Å². The zero-order valence-corrected chi connectivity index (χ0v) is 20.0. The minimum Gasteiger partial charge on any atom is -0.384 e. The lowest BCUT2D eigenvalue weighted by atomic mass is 10.2. The third kappa shape index (κ3) is 4.83. The fourth-order valence-electron chi connectivity index (χ4n) is 4.33. The summed E-state index contributed by atoms with van der Waals surface area (Å²) in [6.45, 7) is 8.05. The molecule has 1 atom stereocenters. The van der Waals surface area contributed by atoms with Crippen LogP contribution in [0.25, 0.3) is 21.6 Å². The number of morpholine rings is 1. The van der Waals surface area contributed by atoms with Gasteiger partial charge < -0.3 is 25.4 Å². The lowest BCUT2D eigenvalue weighted by molar-refractivity contribution is -0.141. The van der Waals surface area contributed by atoms with Crippen LogP contribution in [-0.2, 0) is 16.1 Å². The number of aliphatic hydroxyl groups excluding tert-OH is 1. The normalized spacial score (nSPS) is 18.4. The van der Waals surface area contributed by atoms with Crippen LogP contribution < -0.4 is 10.6 Å². The molecule has 180 valence electrons. The molecule has 2 aliphatic heterocycles. The quantitative estimate of drug-likeness (QED) is 0.551. The summed E-state index contributed by atoms with van der Waals surface area (Å²) >= 11 is 1.68. The Kier molecular flexibility index (Phi) is 6.59. The van der Waals surface area contributed by atoms with Crippen molar-refractivity contribution in [3.8, 4) is 11.4 Å². The van der Waals surface area contributed by atoms with E-state index in [1.54, 1.807) is 28.5 Å². The van der Waals surface area contributed by atoms with E-state index in [0.29, 0.717) is 37.9 Å². The van der Waals surface area contributed by atoms with Crippen LogP contribution in [0.4, 0.5) is 11.6 Å². The number of aromatic nitrogens is 3. The van der Waals surface area contributed by atoms with Gasteiger partial charge in [-0.25, -0.2) is 15.0 Å². The highest BCUT2D eigenvalue weighted by Gasteiger charge is 2.25. The predicted molar refractivity (Wildman–Crippen MR) is 132 cm³/mol. The van der Waals surface area contributed by atoms with Crippen LogP contribution in [0.2, 0.25) is 0 Å². The first-order chi connectivity index (χ1) is 16.5. The number of aliphatic hydroxyl groups is 1. The fraction of sp³-hybridized carbons (Fsp3) is 0.478. The Morgan fingerprint density at radius 2 is 1.94 bits per heavy atom. The van der Waals surface area contributed by atoms with Gasteiger partial charge >= 0.3 is 0 Å². The molecule has 11 heteroatoms. The first-order valence-electron chi connectivity index (χ1n) is 11.5. The minimum absolute atomic E-state index is 0.198. The summed E-state index contributed by atoms with van der Waals surface area (Å²) in [7, 11) is 0. The van der Waals surface area contributed by atoms with E-state index in [4.69, 9.17) is 20.4 Å². The van der Waals surface area contributed by atoms with E-state index in [-0.39, 0.29) is 5.91 Å². The van der Waals surface area contributed by atoms with Crippen LogP contribution >= 0.6 is 11.3 Å². The first-order valence-corrected chi connectivity index (χ1v) is 12.3. The maximum atomic E-state index is 12.1. The van der Waals surface area contributed by atoms with Gasteiger partial charge in [0.25, 0.3) is 5.91 Å². The molecule has 34 heavy (non-hydrogen) atoms. The van der Waals surface area contributed by atoms with Crippen LogP contribution in [0.3, 0.4) is 0 Å². The molecule has 0 saturated carbocycles. The summed E-state index contributed by atoms with van der Waals surface area (Å²) in [5, 5.41) is 10.6. The predicted octanol–water partition coefficient (Wildman–Crippen LogP) is 1.20. The number of hydrogen-bond acceptors (Lipinski definition) is 10. The zero-order valence-electron chi connectivity index (χ0n) is 19.2. The second-order valence-corrected chi connectivity index (χ2v) is 9.77. The average Bonchev–Trinajstić information content (AvgIpc) is 3.26. The molecule has 2 aliphatic rings. The number of hydrogen-bond donors (Lipinski definition) is 2. The Morgan fingerprint density at radius 1 is 1.18 bits per heavy atom. The van der Waals surface area contributed by atoms with Gasteiger partial charge in [0.1, 0.15) is 22.6 Å². The summed E-state index contributed by atoms with van der Waals surface area (Å²) in [5.41, 5.74) is 6.60. The number of nitrogens with two attached hydrogens (primary N) is 1. The Hall–Kier alpha value is -2.86. The summed E-state index contributed by atoms with van der Waals surface area (Å²) in [4.78, 5) is 34.6. The molecule has 0 radical (unpaired) electrons. The van der Waals surface area contributed by atoms with Gasteiger partial charge in [-0.3, -0.25) is 9.69 Å². The van der Waals surface area contributed by atoms with Gasteiger partial charge in [-0.15, -0.1) is 11.3 Å². The van der Waals surface area contributed by atoms with Crippen molar-refractivity contribution in [3.63, 3.8) is 0 Å². The molecule has 5 rings (SSSR count). The average molecular weight is 484 g/mol. The Morgan fingerprint density at radius 3 is 2.62 bits per heavy atom. The Balaban J connectivity index is 1.41. The number of fused-ring (bicyclic) bond motifs is 1. The smallest absolute Gasteiger partial charge is 0.251 e. The van der Waals surface area contributed by atoms with E-state index in [1.807, 2.05) is 6.07 Å². The van der Waals surface area contributed by atoms with E-state index >= 15 is 0 Å². The number of ether oxygens (including phenoxy) is 1. The number of piperazine rings is 1. The molecule has 0 aliphatic carbocycles. The van der Waals surface area contributed by atoms with Gasteiger partial charge in [-0.2, -0.15) is 0 Å². The van der Waals surface area contributed by atoms with Gasteiger partial charge in [0.05, 0.1) is 18.6 Å². The van der Waals surface area contributed by atoms with Crippen molar-refractivity contribution in [2.24, 2.45) is 0 Å². The van der Waals surface area contributed by atoms with Crippen molar-refractivity contribution < 1.29 is 14.6 Å². The number of carbonyl (C=O) groups excluding carboxylic acids is 1. The molecule has 0 aromatic carbocycles. The number of pyridine rings is 1. The molecular weight excluding hydrogens is 454 g/mol. The standard InChI is InChI=1S/C23H29N7O3S/c1-15(31)23(32)30-6-4-28(5-7-30)14-17-12-18-21(29-8-10-33-11-9-29)26-20(27-22(18)34-17)16-2-3-19(24)25-13-16/h2-3,12-13,15,31H,4-11,14H2,1H3,(H2,24,25)/t15-/m0/s1. The number of carbonyl (C=O) groups is 1. The lowest BCUT2D eigenvalue weighted by Gasteiger charge is -2.35. The maximum Gasteiger partial charge on any atom is 0.251 e. The summed E-state index contributed by atoms with van der Waals surface area (Å²) in [5.74, 6) is 1.83. The number of anilines is 2. The number of nitrogens with zero attached hydrogens (tertiary/aromatic N) is 6. The Bertz CT molecular complexity index is 1150. The van der Waals surface area contributed by atoms with Crippen LogP contribution in [0, 0.1) is 0 Å². The van der Waals surface area contributed by atoms with Crippen molar-refractivity contribution in [1.29, 1.82) is 0 Å². The van der Waals surface area contributed by atoms with Crippen molar-refractivity contribution in [1.82, 2.24) is 24.8 Å². The molecule has 2 saturated heterocycles. The third-order valence-electron chi connectivity index (χ3n) is 6.20. The monoisotopic (exact) mass is 483 g/mol. The fourth-order valence-corrected chi connectivity index (χ4v) is 5.39. The Labute approximate surface area is 202 Å². The molecule has 0 spiro atoms. The van der Waals surface area contributed by atoms with Crippen molar-refractivity contribution in [2.75, 3.05) is 63.1 Å². The molecule has 2 fully saturated rings. The molecule has 10 nitrogen and oxygen atoms in total. The van der Waals surface area contributed by atoms with E-state index in [1.165, 1.54) is 11.8 Å². The van der Waals surface area contributed by atoms with Gasteiger partial charge in [0, 0.05) is 62.5 Å². The summed E-state index contributed by atoms with van der Waals surface area (Å²) < 4.78 is 5.55. The van der Waals surface area contributed by atoms with E-state index in [9.17, 15) is 9.90 Å². The largest absolute Gasteiger partial charge is 0.384 e. The molecule has 1 amide bonds. The van der Waals surface area contributed by atoms with Crippen LogP contribution in [-0.4, -0.2) is 94.4 Å². The van der Waals surface area contributed by atoms with E-state index < -0.39 is 6.10 Å². The van der Waals surface area contributed by atoms with Gasteiger partial charge in [0.15, 0.2) is 5.82 Å². The molecule has 0 unspecified atom stereocenters. The van der Waals surface area contributed by atoms with Crippen molar-refractivity contribution >= 4 is 39.1 Å². The van der Waals surface area contributed by atoms with Crippen molar-refractivity contribution in [3.05, 3.63) is 29.3 Å². The maximum absolute atomic E-state index is 12.1. The van der Waals surface area contributed by atoms with Crippen LogP contribution in [0.5, 0.6) is 0 Å². The third-order valence-corrected chi connectivity index (χ3v) is 7.21. The second-order valence-electron chi connectivity index (χ2n) is 8.65. The summed E-state index contributed by atoms with van der Waals surface area (Å²) in [6, 6.07) is 5.86. The van der Waals surface area contributed by atoms with E-state index in [2.05, 4.69) is 20.9 Å². The van der Waals surface area contributed by atoms with Crippen LogP contribution in [0.15, 0.2) is 24.4 Å². The minimum atomic E-state index is -0.947. The van der Waals surface area contributed by atoms with Gasteiger partial charge in [-0.05, 0) is 25.1 Å². The highest BCUT2D eigenvalue weighted by molar-refractivity contribution is 7.18. The molecule has 0 bridgehead atoms. The topological polar surface area (TPSA) is 121 Å². The number of thiophene rings is 1. The molecule has 5 heterocycles. The summed E-state index contributed by atoms with van der Waals surface area (Å²) in [6.07, 6.45) is 0.763. The molecule has 3 aromatic heterocycles. The molecule has 3 N–H and O–H groups in total. The lowest BCUT2D eigenvalue weighted by Crippen LogP contribution is -2.50. The molecule has 3 aromatic rings. The number of nitrogen functional groups attached to an aromatic ring is 1. The number of amides is 1. The zero-order chi connectivity index (χ0) is 23.7. The second kappa shape index (κ2) is 9.79.